The first-order valence-corrected chi connectivity index (χ1v) is 16.0. The number of carbonyl (C=O) groups is 1. The van der Waals surface area contributed by atoms with E-state index in [1.54, 1.807) is 36.4 Å². The number of thiazole rings is 1. The van der Waals surface area contributed by atoms with Crippen LogP contribution < -0.4 is 33.8 Å². The van der Waals surface area contributed by atoms with Gasteiger partial charge in [0.25, 0.3) is 5.56 Å². The van der Waals surface area contributed by atoms with E-state index in [1.165, 1.54) is 36.3 Å². The number of ether oxygens (including phenoxy) is 5. The van der Waals surface area contributed by atoms with Crippen LogP contribution in [0.15, 0.2) is 80.6 Å². The highest BCUT2D eigenvalue weighted by Gasteiger charge is 2.31. The van der Waals surface area contributed by atoms with E-state index in [-0.39, 0.29) is 11.1 Å². The normalized spacial score (nSPS) is 14.2. The van der Waals surface area contributed by atoms with Crippen molar-refractivity contribution in [1.29, 1.82) is 0 Å². The second-order valence-corrected chi connectivity index (χ2v) is 12.0. The third-order valence-electron chi connectivity index (χ3n) is 6.85. The Balaban J connectivity index is 1.56. The van der Waals surface area contributed by atoms with Gasteiger partial charge in [-0.3, -0.25) is 9.36 Å². The first-order valence-electron chi connectivity index (χ1n) is 14.0. The molecule has 1 aromatic heterocycles. The number of carbonyl (C=O) groups excluding carboxylic acids is 1. The van der Waals surface area contributed by atoms with Crippen molar-refractivity contribution in [3.8, 4) is 23.0 Å². The van der Waals surface area contributed by atoms with Crippen LogP contribution in [-0.2, 0) is 16.1 Å². The number of benzene rings is 3. The van der Waals surface area contributed by atoms with E-state index >= 15 is 0 Å². The summed E-state index contributed by atoms with van der Waals surface area (Å²) in [5, 5.41) is 0.328. The lowest BCUT2D eigenvalue weighted by atomic mass is 9.97. The molecule has 0 amide bonds. The molecule has 0 saturated heterocycles. The fourth-order valence-electron chi connectivity index (χ4n) is 4.84. The van der Waals surface area contributed by atoms with Gasteiger partial charge in [-0.05, 0) is 73.0 Å². The maximum atomic E-state index is 14.0. The smallest absolute Gasteiger partial charge is 0.337 e. The minimum Gasteiger partial charge on any atom is -0.493 e. The van der Waals surface area contributed by atoms with Crippen molar-refractivity contribution in [2.24, 2.45) is 4.99 Å². The number of halogens is 2. The quantitative estimate of drug-likeness (QED) is 0.181. The molecular formula is C33H30BrClN2O7S. The molecule has 234 valence electrons. The fourth-order valence-corrected chi connectivity index (χ4v) is 6.35. The maximum absolute atomic E-state index is 14.0. The minimum atomic E-state index is -0.807. The number of aromatic nitrogens is 1. The number of nitrogens with zero attached hydrogens (tertiary/aromatic N) is 2. The lowest BCUT2D eigenvalue weighted by Crippen LogP contribution is -2.39. The van der Waals surface area contributed by atoms with Gasteiger partial charge >= 0.3 is 5.97 Å². The number of esters is 1. The summed E-state index contributed by atoms with van der Waals surface area (Å²) in [7, 11) is 2.82. The van der Waals surface area contributed by atoms with Gasteiger partial charge in [0.2, 0.25) is 0 Å². The molecule has 0 aliphatic carbocycles. The molecule has 0 fully saturated rings. The predicted molar refractivity (Wildman–Crippen MR) is 176 cm³/mol. The lowest BCUT2D eigenvalue weighted by molar-refractivity contribution is -0.136. The van der Waals surface area contributed by atoms with Crippen molar-refractivity contribution in [3.63, 3.8) is 0 Å². The van der Waals surface area contributed by atoms with Gasteiger partial charge in [-0.2, -0.15) is 0 Å². The zero-order chi connectivity index (χ0) is 32.1. The molecule has 1 atom stereocenters. The van der Waals surface area contributed by atoms with E-state index in [0.29, 0.717) is 68.3 Å². The number of fused-ring (bicyclic) bond motifs is 1. The average Bonchev–Trinajstić information content (AvgIpc) is 3.35. The van der Waals surface area contributed by atoms with Crippen molar-refractivity contribution in [3.05, 3.63) is 112 Å². The number of hydrogen-bond donors (Lipinski definition) is 0. The Morgan fingerprint density at radius 3 is 2.42 bits per heavy atom. The Labute approximate surface area is 277 Å². The minimum absolute atomic E-state index is 0.208. The number of hydrogen-bond acceptors (Lipinski definition) is 9. The summed E-state index contributed by atoms with van der Waals surface area (Å²) in [6, 6.07) is 15.8. The van der Waals surface area contributed by atoms with Crippen molar-refractivity contribution < 1.29 is 28.5 Å². The second-order valence-electron chi connectivity index (χ2n) is 9.70. The number of rotatable bonds is 11. The molecule has 1 aliphatic heterocycles. The molecule has 45 heavy (non-hydrogen) atoms. The molecular weight excluding hydrogens is 684 g/mol. The van der Waals surface area contributed by atoms with Crippen LogP contribution in [0.4, 0.5) is 0 Å². The first kappa shape index (κ1) is 32.3. The number of methoxy groups -OCH3 is 2. The van der Waals surface area contributed by atoms with Gasteiger partial charge in [-0.1, -0.05) is 57.1 Å². The van der Waals surface area contributed by atoms with Crippen molar-refractivity contribution >= 4 is 50.9 Å². The standard InChI is InChI=1S/C33H30BrClN2O7S/c1-5-42-25-12-9-21(16-26(25)43-6-2)29-23(32(39)41-4)17-36-33-37(29)31(38)28(45-33)15-20-13-24(35)30(27(14-20)40-3)44-18-19-7-10-22(34)11-8-19/h7-17,29H,5-6,18H2,1-4H3/b28-15-/t29-/m1/s1. The topological polar surface area (TPSA) is 97.6 Å². The van der Waals surface area contributed by atoms with Gasteiger partial charge in [-0.25, -0.2) is 9.79 Å². The van der Waals surface area contributed by atoms with Crippen LogP contribution in [0.5, 0.6) is 23.0 Å². The summed E-state index contributed by atoms with van der Waals surface area (Å²) in [4.78, 5) is 31.7. The summed E-state index contributed by atoms with van der Waals surface area (Å²) in [5.41, 5.74) is 2.10. The molecule has 3 aromatic carbocycles. The van der Waals surface area contributed by atoms with Gasteiger partial charge in [0.05, 0.1) is 48.6 Å². The summed E-state index contributed by atoms with van der Waals surface area (Å²) in [5.74, 6) is 1.28. The molecule has 1 aliphatic rings. The van der Waals surface area contributed by atoms with Crippen LogP contribution >= 0.6 is 38.9 Å². The highest BCUT2D eigenvalue weighted by atomic mass is 79.9. The zero-order valence-corrected chi connectivity index (χ0v) is 28.1. The summed E-state index contributed by atoms with van der Waals surface area (Å²) >= 11 is 11.3. The van der Waals surface area contributed by atoms with Crippen LogP contribution in [0.3, 0.4) is 0 Å². The molecule has 9 nitrogen and oxygen atoms in total. The highest BCUT2D eigenvalue weighted by Crippen LogP contribution is 2.38. The highest BCUT2D eigenvalue weighted by molar-refractivity contribution is 9.10. The third-order valence-corrected chi connectivity index (χ3v) is 8.66. The monoisotopic (exact) mass is 712 g/mol. The van der Waals surface area contributed by atoms with E-state index in [4.69, 9.17) is 35.3 Å². The van der Waals surface area contributed by atoms with Crippen LogP contribution in [0, 0.1) is 0 Å². The van der Waals surface area contributed by atoms with Crippen LogP contribution in [0.2, 0.25) is 5.02 Å². The van der Waals surface area contributed by atoms with E-state index in [0.717, 1.165) is 10.0 Å². The SMILES string of the molecule is CCOc1ccc([C@@H]2C(C(=O)OC)=CN=c3s/c(=C\c4cc(Cl)c(OCc5ccc(Br)cc5)c(OC)c4)c(=O)n32)cc1OCC. The molecule has 2 heterocycles. The summed E-state index contributed by atoms with van der Waals surface area (Å²) in [6.07, 6.45) is 3.15. The Bertz CT molecular complexity index is 1940. The largest absolute Gasteiger partial charge is 0.493 e. The molecule has 0 bridgehead atoms. The van der Waals surface area contributed by atoms with E-state index in [2.05, 4.69) is 20.9 Å². The Hall–Kier alpha value is -4.06. The molecule has 0 unspecified atom stereocenters. The fraction of sp³-hybridized carbons (Fsp3) is 0.242. The Morgan fingerprint density at radius 1 is 1.00 bits per heavy atom. The molecule has 0 radical (unpaired) electrons. The van der Waals surface area contributed by atoms with Gasteiger partial charge in [-0.15, -0.1) is 0 Å². The Morgan fingerprint density at radius 2 is 1.73 bits per heavy atom. The summed E-state index contributed by atoms with van der Waals surface area (Å²) in [6.45, 7) is 4.91. The van der Waals surface area contributed by atoms with Gasteiger partial charge in [0.1, 0.15) is 6.61 Å². The Kier molecular flexibility index (Phi) is 10.3. The van der Waals surface area contributed by atoms with Crippen LogP contribution in [0.25, 0.3) is 6.08 Å². The van der Waals surface area contributed by atoms with Crippen molar-refractivity contribution in [2.45, 2.75) is 26.5 Å². The summed E-state index contributed by atoms with van der Waals surface area (Å²) < 4.78 is 31.0. The van der Waals surface area contributed by atoms with Gasteiger partial charge in [0, 0.05) is 10.7 Å². The van der Waals surface area contributed by atoms with E-state index in [1.807, 2.05) is 38.1 Å². The zero-order valence-electron chi connectivity index (χ0n) is 25.0. The third kappa shape index (κ3) is 6.95. The molecule has 0 saturated carbocycles. The molecule has 4 aromatic rings. The van der Waals surface area contributed by atoms with Crippen molar-refractivity contribution in [2.75, 3.05) is 27.4 Å². The molecule has 12 heteroatoms. The molecule has 5 rings (SSSR count). The van der Waals surface area contributed by atoms with E-state index < -0.39 is 12.0 Å². The van der Waals surface area contributed by atoms with Gasteiger partial charge < -0.3 is 23.7 Å². The first-order chi connectivity index (χ1) is 21.8. The lowest BCUT2D eigenvalue weighted by Gasteiger charge is -2.23. The second kappa shape index (κ2) is 14.4. The predicted octanol–water partition coefficient (Wildman–Crippen LogP) is 5.82. The van der Waals surface area contributed by atoms with E-state index in [9.17, 15) is 9.59 Å². The average molecular weight is 714 g/mol. The van der Waals surface area contributed by atoms with Crippen molar-refractivity contribution in [1.82, 2.24) is 4.57 Å². The molecule has 0 N–H and O–H groups in total. The maximum Gasteiger partial charge on any atom is 0.337 e. The van der Waals surface area contributed by atoms with Crippen LogP contribution in [0.1, 0.15) is 36.6 Å². The van der Waals surface area contributed by atoms with Gasteiger partial charge in [0.15, 0.2) is 27.8 Å². The molecule has 0 spiro atoms. The van der Waals surface area contributed by atoms with Crippen LogP contribution in [-0.4, -0.2) is 38.0 Å².